The van der Waals surface area contributed by atoms with Crippen molar-refractivity contribution in [2.45, 2.75) is 13.8 Å². The maximum Gasteiger partial charge on any atom is 0.193 e. The molecule has 3 nitrogen and oxygen atoms in total. The van der Waals surface area contributed by atoms with Gasteiger partial charge in [0.1, 0.15) is 11.5 Å². The molecule has 0 unspecified atom stereocenters. The molecule has 0 aliphatic rings. The molecule has 0 bridgehead atoms. The van der Waals surface area contributed by atoms with Gasteiger partial charge >= 0.3 is 0 Å². The van der Waals surface area contributed by atoms with Crippen molar-refractivity contribution in [3.05, 3.63) is 59.2 Å². The summed E-state index contributed by atoms with van der Waals surface area (Å²) in [6, 6.07) is 12.7. The Kier molecular flexibility index (Phi) is 4.41. The van der Waals surface area contributed by atoms with Crippen LogP contribution < -0.4 is 9.47 Å². The van der Waals surface area contributed by atoms with E-state index in [0.717, 1.165) is 11.3 Å². The molecule has 0 saturated heterocycles. The van der Waals surface area contributed by atoms with Crippen LogP contribution in [-0.2, 0) is 0 Å². The van der Waals surface area contributed by atoms with Crippen molar-refractivity contribution >= 4 is 5.78 Å². The first-order valence-corrected chi connectivity index (χ1v) is 6.58. The molecule has 0 fully saturated rings. The third-order valence-corrected chi connectivity index (χ3v) is 3.08. The molecule has 0 saturated carbocycles. The fourth-order valence-corrected chi connectivity index (χ4v) is 2.02. The van der Waals surface area contributed by atoms with E-state index in [0.29, 0.717) is 23.5 Å². The molecule has 2 aromatic rings. The van der Waals surface area contributed by atoms with E-state index in [1.807, 2.05) is 38.1 Å². The Hall–Kier alpha value is -2.29. The zero-order valence-electron chi connectivity index (χ0n) is 12.0. The molecule has 0 aliphatic carbocycles. The maximum absolute atomic E-state index is 12.5. The van der Waals surface area contributed by atoms with Crippen LogP contribution in [0.2, 0.25) is 0 Å². The van der Waals surface area contributed by atoms with Gasteiger partial charge in [0, 0.05) is 11.1 Å². The molecule has 0 amide bonds. The highest BCUT2D eigenvalue weighted by molar-refractivity contribution is 6.09. The van der Waals surface area contributed by atoms with Gasteiger partial charge in [0.25, 0.3) is 0 Å². The van der Waals surface area contributed by atoms with Gasteiger partial charge in [-0.15, -0.1) is 0 Å². The Labute approximate surface area is 119 Å². The van der Waals surface area contributed by atoms with E-state index in [1.54, 1.807) is 25.3 Å². The predicted molar refractivity (Wildman–Crippen MR) is 78.8 cm³/mol. The van der Waals surface area contributed by atoms with Gasteiger partial charge in [0.2, 0.25) is 0 Å². The number of rotatable bonds is 5. The predicted octanol–water partition coefficient (Wildman–Crippen LogP) is 3.63. The van der Waals surface area contributed by atoms with Crippen LogP contribution in [0.25, 0.3) is 0 Å². The van der Waals surface area contributed by atoms with Crippen molar-refractivity contribution in [1.29, 1.82) is 0 Å². The van der Waals surface area contributed by atoms with E-state index in [-0.39, 0.29) is 5.78 Å². The molecule has 2 aromatic carbocycles. The monoisotopic (exact) mass is 270 g/mol. The van der Waals surface area contributed by atoms with Gasteiger partial charge in [0.15, 0.2) is 5.78 Å². The molecule has 0 heterocycles. The second kappa shape index (κ2) is 6.24. The lowest BCUT2D eigenvalue weighted by Crippen LogP contribution is -2.03. The van der Waals surface area contributed by atoms with Gasteiger partial charge in [-0.2, -0.15) is 0 Å². The Morgan fingerprint density at radius 1 is 1.10 bits per heavy atom. The Bertz CT molecular complexity index is 617. The summed E-state index contributed by atoms with van der Waals surface area (Å²) in [6.45, 7) is 4.44. The quantitative estimate of drug-likeness (QED) is 0.778. The van der Waals surface area contributed by atoms with E-state index in [1.165, 1.54) is 0 Å². The van der Waals surface area contributed by atoms with E-state index < -0.39 is 0 Å². The summed E-state index contributed by atoms with van der Waals surface area (Å²) in [4.78, 5) is 12.5. The second-order valence-electron chi connectivity index (χ2n) is 4.47. The number of ketones is 1. The van der Waals surface area contributed by atoms with Gasteiger partial charge in [-0.05, 0) is 37.6 Å². The minimum atomic E-state index is -0.0372. The van der Waals surface area contributed by atoms with Crippen LogP contribution >= 0.6 is 0 Å². The normalized spacial score (nSPS) is 10.2. The number of hydrogen-bond acceptors (Lipinski definition) is 3. The van der Waals surface area contributed by atoms with Crippen LogP contribution in [-0.4, -0.2) is 19.5 Å². The number of ether oxygens (including phenoxy) is 2. The molecular formula is C17H18O3. The minimum absolute atomic E-state index is 0.0372. The number of hydrogen-bond donors (Lipinski definition) is 0. The number of carbonyl (C=O) groups is 1. The highest BCUT2D eigenvalue weighted by Crippen LogP contribution is 2.22. The average molecular weight is 270 g/mol. The number of methoxy groups -OCH3 is 1. The summed E-state index contributed by atoms with van der Waals surface area (Å²) >= 11 is 0. The molecular weight excluding hydrogens is 252 g/mol. The summed E-state index contributed by atoms with van der Waals surface area (Å²) in [5.74, 6) is 1.39. The van der Waals surface area contributed by atoms with Gasteiger partial charge in [-0.3, -0.25) is 4.79 Å². The van der Waals surface area contributed by atoms with Gasteiger partial charge in [-0.1, -0.05) is 24.3 Å². The van der Waals surface area contributed by atoms with Crippen molar-refractivity contribution in [2.24, 2.45) is 0 Å². The summed E-state index contributed by atoms with van der Waals surface area (Å²) in [7, 11) is 1.60. The largest absolute Gasteiger partial charge is 0.496 e. The van der Waals surface area contributed by atoms with E-state index in [4.69, 9.17) is 9.47 Å². The van der Waals surface area contributed by atoms with E-state index in [2.05, 4.69) is 0 Å². The van der Waals surface area contributed by atoms with Gasteiger partial charge < -0.3 is 9.47 Å². The standard InChI is InChI=1S/C17H18O3/c1-4-20-15-7-5-6-13(10-15)17(18)14-9-8-12(2)16(11-14)19-3/h5-11H,4H2,1-3H3. The molecule has 3 heteroatoms. The zero-order valence-corrected chi connectivity index (χ0v) is 12.0. The number of carbonyl (C=O) groups excluding carboxylic acids is 1. The van der Waals surface area contributed by atoms with E-state index in [9.17, 15) is 4.79 Å². The molecule has 2 rings (SSSR count). The van der Waals surface area contributed by atoms with Crippen LogP contribution in [0.15, 0.2) is 42.5 Å². The highest BCUT2D eigenvalue weighted by atomic mass is 16.5. The van der Waals surface area contributed by atoms with Gasteiger partial charge in [-0.25, -0.2) is 0 Å². The van der Waals surface area contributed by atoms with Crippen molar-refractivity contribution < 1.29 is 14.3 Å². The topological polar surface area (TPSA) is 35.5 Å². The Morgan fingerprint density at radius 3 is 2.55 bits per heavy atom. The minimum Gasteiger partial charge on any atom is -0.496 e. The number of benzene rings is 2. The van der Waals surface area contributed by atoms with Crippen LogP contribution in [0, 0.1) is 6.92 Å². The second-order valence-corrected chi connectivity index (χ2v) is 4.47. The SMILES string of the molecule is CCOc1cccc(C(=O)c2ccc(C)c(OC)c2)c1. The van der Waals surface area contributed by atoms with Crippen LogP contribution in [0.5, 0.6) is 11.5 Å². The van der Waals surface area contributed by atoms with Crippen molar-refractivity contribution in [1.82, 2.24) is 0 Å². The third kappa shape index (κ3) is 2.99. The number of aryl methyl sites for hydroxylation is 1. The molecule has 20 heavy (non-hydrogen) atoms. The lowest BCUT2D eigenvalue weighted by molar-refractivity contribution is 0.103. The van der Waals surface area contributed by atoms with Crippen molar-refractivity contribution in [2.75, 3.05) is 13.7 Å². The van der Waals surface area contributed by atoms with Crippen LogP contribution in [0.3, 0.4) is 0 Å². The lowest BCUT2D eigenvalue weighted by Gasteiger charge is -2.08. The van der Waals surface area contributed by atoms with Crippen LogP contribution in [0.4, 0.5) is 0 Å². The molecule has 0 atom stereocenters. The fraction of sp³-hybridized carbons (Fsp3) is 0.235. The Morgan fingerprint density at radius 2 is 1.85 bits per heavy atom. The summed E-state index contributed by atoms with van der Waals surface area (Å²) in [6.07, 6.45) is 0. The molecule has 104 valence electrons. The summed E-state index contributed by atoms with van der Waals surface area (Å²) < 4.78 is 10.7. The first-order valence-electron chi connectivity index (χ1n) is 6.58. The molecule has 0 aliphatic heterocycles. The van der Waals surface area contributed by atoms with Crippen molar-refractivity contribution in [3.8, 4) is 11.5 Å². The summed E-state index contributed by atoms with van der Waals surface area (Å²) in [5.41, 5.74) is 2.23. The smallest absolute Gasteiger partial charge is 0.193 e. The van der Waals surface area contributed by atoms with Crippen LogP contribution in [0.1, 0.15) is 28.4 Å². The first-order chi connectivity index (χ1) is 9.65. The van der Waals surface area contributed by atoms with E-state index >= 15 is 0 Å². The first kappa shape index (κ1) is 14.1. The maximum atomic E-state index is 12.5. The lowest BCUT2D eigenvalue weighted by atomic mass is 10.0. The molecule has 0 radical (unpaired) electrons. The third-order valence-electron chi connectivity index (χ3n) is 3.08. The average Bonchev–Trinajstić information content (AvgIpc) is 2.48. The van der Waals surface area contributed by atoms with Crippen molar-refractivity contribution in [3.63, 3.8) is 0 Å². The van der Waals surface area contributed by atoms with Gasteiger partial charge in [0.05, 0.1) is 13.7 Å². The Balaban J connectivity index is 2.33. The fourth-order valence-electron chi connectivity index (χ4n) is 2.02. The highest BCUT2D eigenvalue weighted by Gasteiger charge is 2.12. The molecule has 0 aromatic heterocycles. The molecule has 0 spiro atoms. The summed E-state index contributed by atoms with van der Waals surface area (Å²) in [5, 5.41) is 0. The zero-order chi connectivity index (χ0) is 14.5. The molecule has 0 N–H and O–H groups in total.